The molecule has 0 aliphatic rings. The van der Waals surface area contributed by atoms with Gasteiger partial charge in [-0.25, -0.2) is 8.78 Å². The van der Waals surface area contributed by atoms with Gasteiger partial charge in [-0.2, -0.15) is 0 Å². The molecule has 2 aromatic carbocycles. The summed E-state index contributed by atoms with van der Waals surface area (Å²) in [6.45, 7) is 4.01. The highest BCUT2D eigenvalue weighted by molar-refractivity contribution is 5.93. The summed E-state index contributed by atoms with van der Waals surface area (Å²) < 4.78 is 26.2. The highest BCUT2D eigenvalue weighted by atomic mass is 19.2. The number of hydrogen-bond acceptors (Lipinski definition) is 3. The number of aryl methyl sites for hydroxylation is 2. The Morgan fingerprint density at radius 3 is 2.40 bits per heavy atom. The second kappa shape index (κ2) is 8.18. The van der Waals surface area contributed by atoms with E-state index < -0.39 is 17.7 Å². The molecule has 25 heavy (non-hydrogen) atoms. The highest BCUT2D eigenvalue weighted by Crippen LogP contribution is 2.20. The van der Waals surface area contributed by atoms with Gasteiger partial charge < -0.3 is 10.4 Å². The molecule has 2 rings (SSSR count). The summed E-state index contributed by atoms with van der Waals surface area (Å²) in [7, 11) is 1.67. The maximum atomic E-state index is 13.2. The number of nitrogens with zero attached hydrogens (tertiary/aromatic N) is 1. The number of nitrogens with one attached hydrogen (secondary N) is 1. The Hall–Kier alpha value is -2.31. The SMILES string of the molecule is Cc1cccc(C)c1NC(=O)CN(C)CC(O)c1ccc(F)c(F)c1. The van der Waals surface area contributed by atoms with Gasteiger partial charge in [0.2, 0.25) is 5.91 Å². The van der Waals surface area contributed by atoms with Gasteiger partial charge in [0.15, 0.2) is 11.6 Å². The number of anilines is 1. The van der Waals surface area contributed by atoms with Crippen LogP contribution < -0.4 is 5.32 Å². The smallest absolute Gasteiger partial charge is 0.238 e. The normalized spacial score (nSPS) is 12.3. The first-order valence-electron chi connectivity index (χ1n) is 7.95. The van der Waals surface area contributed by atoms with E-state index in [1.807, 2.05) is 32.0 Å². The summed E-state index contributed by atoms with van der Waals surface area (Å²) in [5.74, 6) is -2.18. The van der Waals surface area contributed by atoms with E-state index in [-0.39, 0.29) is 24.6 Å². The Balaban J connectivity index is 1.93. The van der Waals surface area contributed by atoms with Crippen molar-refractivity contribution in [2.24, 2.45) is 0 Å². The van der Waals surface area contributed by atoms with E-state index in [2.05, 4.69) is 5.32 Å². The third kappa shape index (κ3) is 5.08. The summed E-state index contributed by atoms with van der Waals surface area (Å²) in [6.07, 6.45) is -1.02. The predicted molar refractivity (Wildman–Crippen MR) is 93.4 cm³/mol. The Morgan fingerprint density at radius 1 is 1.16 bits per heavy atom. The number of aliphatic hydroxyl groups is 1. The predicted octanol–water partition coefficient (Wildman–Crippen LogP) is 3.19. The van der Waals surface area contributed by atoms with Gasteiger partial charge in [-0.05, 0) is 49.7 Å². The van der Waals surface area contributed by atoms with Crippen LogP contribution in [0.2, 0.25) is 0 Å². The van der Waals surface area contributed by atoms with Crippen molar-refractivity contribution >= 4 is 11.6 Å². The number of likely N-dealkylation sites (N-methyl/N-ethyl adjacent to an activating group) is 1. The van der Waals surface area contributed by atoms with Crippen LogP contribution in [0.15, 0.2) is 36.4 Å². The number of rotatable bonds is 6. The molecule has 4 nitrogen and oxygen atoms in total. The first-order valence-corrected chi connectivity index (χ1v) is 7.95. The second-order valence-corrected chi connectivity index (χ2v) is 6.20. The molecule has 0 aliphatic heterocycles. The van der Waals surface area contributed by atoms with Gasteiger partial charge in [-0.1, -0.05) is 24.3 Å². The molecule has 0 radical (unpaired) electrons. The fourth-order valence-electron chi connectivity index (χ4n) is 2.62. The van der Waals surface area contributed by atoms with Crippen molar-refractivity contribution in [1.82, 2.24) is 4.90 Å². The van der Waals surface area contributed by atoms with Crippen molar-refractivity contribution in [3.63, 3.8) is 0 Å². The molecule has 0 aromatic heterocycles. The lowest BCUT2D eigenvalue weighted by atomic mass is 10.1. The van der Waals surface area contributed by atoms with E-state index in [1.165, 1.54) is 6.07 Å². The quantitative estimate of drug-likeness (QED) is 0.843. The first kappa shape index (κ1) is 19.0. The van der Waals surface area contributed by atoms with Crippen LogP contribution in [0.1, 0.15) is 22.8 Å². The third-order valence-corrected chi connectivity index (χ3v) is 3.97. The molecule has 0 saturated carbocycles. The number of hydrogen-bond donors (Lipinski definition) is 2. The van der Waals surface area contributed by atoms with Gasteiger partial charge >= 0.3 is 0 Å². The lowest BCUT2D eigenvalue weighted by molar-refractivity contribution is -0.117. The molecular formula is C19H22F2N2O2. The molecule has 1 atom stereocenters. The average Bonchev–Trinajstić information content (AvgIpc) is 2.53. The molecule has 0 saturated heterocycles. The van der Waals surface area contributed by atoms with Crippen molar-refractivity contribution in [2.75, 3.05) is 25.5 Å². The van der Waals surface area contributed by atoms with Crippen molar-refractivity contribution in [3.05, 3.63) is 64.7 Å². The van der Waals surface area contributed by atoms with Crippen molar-refractivity contribution in [2.45, 2.75) is 20.0 Å². The Bertz CT molecular complexity index is 745. The molecular weight excluding hydrogens is 326 g/mol. The molecule has 6 heteroatoms. The Kier molecular flexibility index (Phi) is 6.22. The third-order valence-electron chi connectivity index (χ3n) is 3.97. The molecule has 1 amide bonds. The molecule has 2 aromatic rings. The summed E-state index contributed by atoms with van der Waals surface area (Å²) >= 11 is 0. The van der Waals surface area contributed by atoms with Crippen LogP contribution >= 0.6 is 0 Å². The number of aliphatic hydroxyl groups excluding tert-OH is 1. The van der Waals surface area contributed by atoms with Gasteiger partial charge in [0.05, 0.1) is 12.6 Å². The molecule has 1 unspecified atom stereocenters. The maximum Gasteiger partial charge on any atom is 0.238 e. The minimum atomic E-state index is -1.02. The van der Waals surface area contributed by atoms with E-state index >= 15 is 0 Å². The van der Waals surface area contributed by atoms with Crippen LogP contribution in [0.4, 0.5) is 14.5 Å². The molecule has 0 fully saturated rings. The number of para-hydroxylation sites is 1. The van der Waals surface area contributed by atoms with Crippen LogP contribution in [-0.2, 0) is 4.79 Å². The molecule has 0 bridgehead atoms. The molecule has 0 heterocycles. The van der Waals surface area contributed by atoms with Crippen LogP contribution in [0.5, 0.6) is 0 Å². The van der Waals surface area contributed by atoms with Gasteiger partial charge in [0.25, 0.3) is 0 Å². The second-order valence-electron chi connectivity index (χ2n) is 6.20. The molecule has 0 spiro atoms. The van der Waals surface area contributed by atoms with Gasteiger partial charge in [0, 0.05) is 12.2 Å². The summed E-state index contributed by atoms with van der Waals surface area (Å²) in [4.78, 5) is 13.8. The molecule has 0 aliphatic carbocycles. The molecule has 134 valence electrons. The van der Waals surface area contributed by atoms with E-state index in [9.17, 15) is 18.7 Å². The van der Waals surface area contributed by atoms with Crippen LogP contribution in [0.25, 0.3) is 0 Å². The monoisotopic (exact) mass is 348 g/mol. The zero-order valence-electron chi connectivity index (χ0n) is 14.5. The van der Waals surface area contributed by atoms with Crippen molar-refractivity contribution < 1.29 is 18.7 Å². The molecule has 2 N–H and O–H groups in total. The van der Waals surface area contributed by atoms with Crippen LogP contribution in [0, 0.1) is 25.5 Å². The van der Waals surface area contributed by atoms with E-state index in [0.717, 1.165) is 28.9 Å². The van der Waals surface area contributed by atoms with Crippen LogP contribution in [-0.4, -0.2) is 36.1 Å². The van der Waals surface area contributed by atoms with Crippen LogP contribution in [0.3, 0.4) is 0 Å². The number of benzene rings is 2. The summed E-state index contributed by atoms with van der Waals surface area (Å²) in [5.41, 5.74) is 2.98. The first-order chi connectivity index (χ1) is 11.8. The average molecular weight is 348 g/mol. The number of carbonyl (C=O) groups excluding carboxylic acids is 1. The summed E-state index contributed by atoms with van der Waals surface area (Å²) in [5, 5.41) is 13.0. The largest absolute Gasteiger partial charge is 0.387 e. The standard InChI is InChI=1S/C19H22F2N2O2/c1-12-5-4-6-13(2)19(12)22-18(25)11-23(3)10-17(24)14-7-8-15(20)16(21)9-14/h4-9,17,24H,10-11H2,1-3H3,(H,22,25). The Labute approximate surface area is 146 Å². The lowest BCUT2D eigenvalue weighted by Gasteiger charge is -2.21. The van der Waals surface area contributed by atoms with Gasteiger partial charge in [-0.15, -0.1) is 0 Å². The number of carbonyl (C=O) groups is 1. The highest BCUT2D eigenvalue weighted by Gasteiger charge is 2.16. The zero-order chi connectivity index (χ0) is 18.6. The maximum absolute atomic E-state index is 13.2. The van der Waals surface area contributed by atoms with Gasteiger partial charge in [0.1, 0.15) is 0 Å². The van der Waals surface area contributed by atoms with Crippen molar-refractivity contribution in [1.29, 1.82) is 0 Å². The van der Waals surface area contributed by atoms with Gasteiger partial charge in [-0.3, -0.25) is 9.69 Å². The number of amides is 1. The zero-order valence-corrected chi connectivity index (χ0v) is 14.5. The lowest BCUT2D eigenvalue weighted by Crippen LogP contribution is -2.33. The van der Waals surface area contributed by atoms with E-state index in [4.69, 9.17) is 0 Å². The fraction of sp³-hybridized carbons (Fsp3) is 0.316. The summed E-state index contributed by atoms with van der Waals surface area (Å²) in [6, 6.07) is 9.02. The van der Waals surface area contributed by atoms with Crippen molar-refractivity contribution in [3.8, 4) is 0 Å². The minimum Gasteiger partial charge on any atom is -0.387 e. The Morgan fingerprint density at radius 2 is 1.80 bits per heavy atom. The van der Waals surface area contributed by atoms with E-state index in [1.54, 1.807) is 11.9 Å². The number of halogens is 2. The topological polar surface area (TPSA) is 52.6 Å². The fourth-order valence-corrected chi connectivity index (χ4v) is 2.62. The minimum absolute atomic E-state index is 0.0640. The van der Waals surface area contributed by atoms with E-state index in [0.29, 0.717) is 0 Å².